The normalized spacial score (nSPS) is 16.5. The third-order valence-corrected chi connectivity index (χ3v) is 7.29. The Hall–Kier alpha value is -4.63. The van der Waals surface area contributed by atoms with E-state index in [4.69, 9.17) is 9.47 Å². The topological polar surface area (TPSA) is 96.6 Å². The van der Waals surface area contributed by atoms with Crippen molar-refractivity contribution in [2.45, 2.75) is 32.9 Å². The highest BCUT2D eigenvalue weighted by Gasteiger charge is 2.46. The van der Waals surface area contributed by atoms with Crippen molar-refractivity contribution in [1.82, 2.24) is 19.2 Å². The van der Waals surface area contributed by atoms with Crippen molar-refractivity contribution in [1.29, 1.82) is 0 Å². The number of carbonyl (C=O) groups excluding carboxylic acids is 2. The van der Waals surface area contributed by atoms with E-state index < -0.39 is 17.7 Å². The first-order chi connectivity index (χ1) is 20.3. The first kappa shape index (κ1) is 28.9. The van der Waals surface area contributed by atoms with Gasteiger partial charge in [0.05, 0.1) is 23.9 Å². The van der Waals surface area contributed by atoms with Crippen molar-refractivity contribution in [2.24, 2.45) is 0 Å². The second-order valence-electron chi connectivity index (χ2n) is 10.5. The molecule has 1 fully saturated rings. The Labute approximate surface area is 245 Å². The van der Waals surface area contributed by atoms with Crippen LogP contribution in [0, 0.1) is 6.92 Å². The lowest BCUT2D eigenvalue weighted by Crippen LogP contribution is -2.32. The van der Waals surface area contributed by atoms with E-state index in [1.165, 1.54) is 0 Å². The van der Waals surface area contributed by atoms with Crippen LogP contribution in [-0.4, -0.2) is 69.8 Å². The van der Waals surface area contributed by atoms with Gasteiger partial charge in [-0.25, -0.2) is 4.98 Å². The molecule has 9 heteroatoms. The molecule has 9 nitrogen and oxygen atoms in total. The van der Waals surface area contributed by atoms with E-state index in [9.17, 15) is 14.7 Å². The third kappa shape index (κ3) is 5.73. The van der Waals surface area contributed by atoms with E-state index in [1.54, 1.807) is 34.6 Å². The Kier molecular flexibility index (Phi) is 8.59. The van der Waals surface area contributed by atoms with E-state index >= 15 is 0 Å². The fourth-order valence-electron chi connectivity index (χ4n) is 5.36. The Morgan fingerprint density at radius 1 is 1.00 bits per heavy atom. The van der Waals surface area contributed by atoms with Gasteiger partial charge in [0.1, 0.15) is 17.9 Å². The number of aromatic nitrogens is 2. The summed E-state index contributed by atoms with van der Waals surface area (Å²) in [5.41, 5.74) is 3.25. The summed E-state index contributed by atoms with van der Waals surface area (Å²) in [6.07, 6.45) is 2.43. The number of ether oxygens (including phenoxy) is 2. The van der Waals surface area contributed by atoms with Gasteiger partial charge in [-0.3, -0.25) is 14.0 Å². The predicted molar refractivity (Wildman–Crippen MR) is 160 cm³/mol. The maximum absolute atomic E-state index is 13.6. The molecule has 2 aromatic carbocycles. The van der Waals surface area contributed by atoms with Gasteiger partial charge < -0.3 is 24.4 Å². The van der Waals surface area contributed by atoms with Gasteiger partial charge in [0.25, 0.3) is 11.7 Å². The molecule has 4 aromatic rings. The summed E-state index contributed by atoms with van der Waals surface area (Å²) >= 11 is 0. The number of aryl methyl sites for hydroxylation is 1. The predicted octanol–water partition coefficient (Wildman–Crippen LogP) is 4.99. The zero-order valence-corrected chi connectivity index (χ0v) is 24.4. The van der Waals surface area contributed by atoms with Crippen molar-refractivity contribution in [3.8, 4) is 11.5 Å². The Balaban J connectivity index is 1.60. The number of ketones is 1. The van der Waals surface area contributed by atoms with E-state index in [1.807, 2.05) is 80.5 Å². The van der Waals surface area contributed by atoms with E-state index in [-0.39, 0.29) is 11.3 Å². The SMILES string of the molecule is CCOc1cc(C2/C(=C(\O)c3c(C)nc4ccccn34)C(=O)C(=O)N2CCCN(C)C)ccc1OCc1ccccc1. The molecule has 0 bridgehead atoms. The molecule has 3 heterocycles. The number of carbonyl (C=O) groups is 2. The molecule has 0 spiro atoms. The highest BCUT2D eigenvalue weighted by atomic mass is 16.5. The minimum atomic E-state index is -0.816. The molecule has 1 aliphatic rings. The van der Waals surface area contributed by atoms with Crippen LogP contribution >= 0.6 is 0 Å². The number of amides is 1. The second kappa shape index (κ2) is 12.5. The largest absolute Gasteiger partial charge is 0.505 e. The molecule has 0 saturated carbocycles. The van der Waals surface area contributed by atoms with Gasteiger partial charge in [-0.15, -0.1) is 0 Å². The number of hydrogen-bond acceptors (Lipinski definition) is 7. The monoisotopic (exact) mass is 568 g/mol. The number of benzene rings is 2. The van der Waals surface area contributed by atoms with Gasteiger partial charge in [0.15, 0.2) is 17.3 Å². The van der Waals surface area contributed by atoms with Crippen LogP contribution < -0.4 is 9.47 Å². The molecule has 1 aliphatic heterocycles. The fourth-order valence-corrected chi connectivity index (χ4v) is 5.36. The van der Waals surface area contributed by atoms with E-state index in [2.05, 4.69) is 4.98 Å². The Bertz CT molecular complexity index is 1630. The van der Waals surface area contributed by atoms with Crippen LogP contribution in [0.3, 0.4) is 0 Å². The van der Waals surface area contributed by atoms with Crippen LogP contribution in [0.1, 0.15) is 41.9 Å². The Morgan fingerprint density at radius 3 is 2.50 bits per heavy atom. The molecule has 2 aromatic heterocycles. The summed E-state index contributed by atoms with van der Waals surface area (Å²) in [5, 5.41) is 11.7. The minimum absolute atomic E-state index is 0.0269. The molecule has 1 saturated heterocycles. The number of pyridine rings is 1. The Morgan fingerprint density at radius 2 is 1.76 bits per heavy atom. The van der Waals surface area contributed by atoms with Crippen molar-refractivity contribution < 1.29 is 24.2 Å². The molecule has 1 N–H and O–H groups in total. The number of hydrogen-bond donors (Lipinski definition) is 1. The lowest BCUT2D eigenvalue weighted by Gasteiger charge is -2.26. The van der Waals surface area contributed by atoms with Crippen LogP contribution in [-0.2, 0) is 16.2 Å². The highest BCUT2D eigenvalue weighted by molar-refractivity contribution is 6.46. The number of aliphatic hydroxyl groups excluding tert-OH is 1. The molecule has 5 rings (SSSR count). The lowest BCUT2D eigenvalue weighted by molar-refractivity contribution is -0.139. The average Bonchev–Trinajstić information content (AvgIpc) is 3.45. The van der Waals surface area contributed by atoms with Crippen molar-refractivity contribution in [3.63, 3.8) is 0 Å². The number of imidazole rings is 1. The number of likely N-dealkylation sites (tertiary alicyclic amines) is 1. The summed E-state index contributed by atoms with van der Waals surface area (Å²) in [6.45, 7) is 5.49. The third-order valence-electron chi connectivity index (χ3n) is 7.29. The van der Waals surface area contributed by atoms with Gasteiger partial charge in [0, 0.05) is 12.7 Å². The van der Waals surface area contributed by atoms with Crippen LogP contribution in [0.15, 0.2) is 78.5 Å². The zero-order valence-electron chi connectivity index (χ0n) is 24.4. The van der Waals surface area contributed by atoms with Gasteiger partial charge in [-0.05, 0) is 76.3 Å². The molecule has 218 valence electrons. The number of nitrogens with zero attached hydrogens (tertiary/aromatic N) is 4. The molecular formula is C33H36N4O5. The molecular weight excluding hydrogens is 532 g/mol. The maximum atomic E-state index is 13.6. The maximum Gasteiger partial charge on any atom is 0.295 e. The van der Waals surface area contributed by atoms with Gasteiger partial charge in [-0.2, -0.15) is 0 Å². The summed E-state index contributed by atoms with van der Waals surface area (Å²) in [7, 11) is 3.92. The number of fused-ring (bicyclic) bond motifs is 1. The molecule has 0 radical (unpaired) electrons. The van der Waals surface area contributed by atoms with Crippen LogP contribution in [0.4, 0.5) is 0 Å². The smallest absolute Gasteiger partial charge is 0.295 e. The minimum Gasteiger partial charge on any atom is -0.505 e. The van der Waals surface area contributed by atoms with Gasteiger partial charge >= 0.3 is 0 Å². The number of rotatable bonds is 11. The first-order valence-corrected chi connectivity index (χ1v) is 14.1. The molecule has 42 heavy (non-hydrogen) atoms. The molecule has 1 unspecified atom stereocenters. The number of Topliss-reactive ketones (excluding diaryl/α,β-unsaturated/α-hetero) is 1. The van der Waals surface area contributed by atoms with Gasteiger partial charge in [0.2, 0.25) is 0 Å². The zero-order chi connectivity index (χ0) is 29.8. The lowest BCUT2D eigenvalue weighted by atomic mass is 9.95. The van der Waals surface area contributed by atoms with Gasteiger partial charge in [-0.1, -0.05) is 42.5 Å². The highest BCUT2D eigenvalue weighted by Crippen LogP contribution is 2.42. The van der Waals surface area contributed by atoms with E-state index in [0.29, 0.717) is 60.3 Å². The van der Waals surface area contributed by atoms with Crippen molar-refractivity contribution in [3.05, 3.63) is 101 Å². The average molecular weight is 569 g/mol. The number of aliphatic hydroxyl groups is 1. The first-order valence-electron chi connectivity index (χ1n) is 14.1. The van der Waals surface area contributed by atoms with Crippen LogP contribution in [0.5, 0.6) is 11.5 Å². The molecule has 1 atom stereocenters. The molecule has 1 amide bonds. The fraction of sp³-hybridized carbons (Fsp3) is 0.303. The summed E-state index contributed by atoms with van der Waals surface area (Å²) in [6, 6.07) is 19.9. The second-order valence-corrected chi connectivity index (χ2v) is 10.5. The quantitative estimate of drug-likeness (QED) is 0.155. The van der Waals surface area contributed by atoms with E-state index in [0.717, 1.165) is 12.1 Å². The van der Waals surface area contributed by atoms with Crippen LogP contribution in [0.2, 0.25) is 0 Å². The summed E-state index contributed by atoms with van der Waals surface area (Å²) < 4.78 is 13.8. The standard InChI is InChI=1S/C33H36N4O5/c1-5-41-26-20-24(15-16-25(26)42-21-23-12-7-6-8-13-23)30-28(32(39)33(40)37(30)19-11-17-35(3)4)31(38)29-22(2)34-27-14-9-10-18-36(27)29/h6-10,12-16,18,20,30,38H,5,11,17,19,21H2,1-4H3/b31-28+. The van der Waals surface area contributed by atoms with Crippen molar-refractivity contribution >= 4 is 23.1 Å². The van der Waals surface area contributed by atoms with Crippen molar-refractivity contribution in [2.75, 3.05) is 33.8 Å². The van der Waals surface area contributed by atoms with Crippen LogP contribution in [0.25, 0.3) is 11.4 Å². The molecule has 0 aliphatic carbocycles. The summed E-state index contributed by atoms with van der Waals surface area (Å²) in [4.78, 5) is 35.2. The summed E-state index contributed by atoms with van der Waals surface area (Å²) in [5.74, 6) is -0.585.